The topological polar surface area (TPSA) is 65.9 Å². The molecule has 0 aliphatic heterocycles. The van der Waals surface area contributed by atoms with E-state index in [4.69, 9.17) is 4.74 Å². The van der Waals surface area contributed by atoms with Gasteiger partial charge in [0.2, 0.25) is 0 Å². The van der Waals surface area contributed by atoms with Crippen molar-refractivity contribution in [3.63, 3.8) is 0 Å². The number of hydrogen-bond acceptors (Lipinski definition) is 3. The minimum Gasteiger partial charge on any atom is -0.388 e. The quantitative estimate of drug-likeness (QED) is 0.205. The Balaban J connectivity index is 0. The second kappa shape index (κ2) is 14.5. The average Bonchev–Trinajstić information content (AvgIpc) is 2.47. The molecule has 5 nitrogen and oxygen atoms in total. The summed E-state index contributed by atoms with van der Waals surface area (Å²) in [7, 11) is 0. The van der Waals surface area contributed by atoms with Gasteiger partial charge in [-0.15, -0.1) is 24.0 Å². The number of ether oxygens (including phenoxy) is 1. The molecular formula is C16H36IN3O2. The molecule has 0 aliphatic carbocycles. The Morgan fingerprint density at radius 1 is 1.14 bits per heavy atom. The lowest BCUT2D eigenvalue weighted by Gasteiger charge is -2.23. The number of guanidine groups is 1. The number of aliphatic imine (C=N–C) groups is 1. The highest BCUT2D eigenvalue weighted by molar-refractivity contribution is 14.0. The van der Waals surface area contributed by atoms with Gasteiger partial charge >= 0.3 is 0 Å². The highest BCUT2D eigenvalue weighted by Gasteiger charge is 2.21. The van der Waals surface area contributed by atoms with Crippen LogP contribution in [0, 0.1) is 5.92 Å². The first-order valence-corrected chi connectivity index (χ1v) is 8.29. The molecule has 0 aromatic carbocycles. The molecule has 134 valence electrons. The number of nitrogens with zero attached hydrogens (tertiary/aromatic N) is 1. The van der Waals surface area contributed by atoms with Crippen LogP contribution in [-0.2, 0) is 4.74 Å². The van der Waals surface area contributed by atoms with E-state index in [1.165, 1.54) is 0 Å². The van der Waals surface area contributed by atoms with Crippen molar-refractivity contribution < 1.29 is 9.84 Å². The van der Waals surface area contributed by atoms with Gasteiger partial charge in [-0.25, -0.2) is 0 Å². The van der Waals surface area contributed by atoms with Crippen LogP contribution in [0.2, 0.25) is 0 Å². The molecule has 0 heterocycles. The van der Waals surface area contributed by atoms with Crippen molar-refractivity contribution in [2.24, 2.45) is 10.9 Å². The van der Waals surface area contributed by atoms with E-state index in [0.717, 1.165) is 32.1 Å². The lowest BCUT2D eigenvalue weighted by molar-refractivity contribution is 0.0418. The van der Waals surface area contributed by atoms with Gasteiger partial charge in [-0.1, -0.05) is 27.7 Å². The van der Waals surface area contributed by atoms with Gasteiger partial charge in [-0.05, 0) is 32.1 Å². The molecule has 0 rings (SSSR count). The Labute approximate surface area is 153 Å². The van der Waals surface area contributed by atoms with E-state index in [1.54, 1.807) is 0 Å². The first-order valence-electron chi connectivity index (χ1n) is 8.29. The molecule has 0 amide bonds. The fraction of sp³-hybridized carbons (Fsp3) is 0.938. The second-order valence-electron chi connectivity index (χ2n) is 5.85. The summed E-state index contributed by atoms with van der Waals surface area (Å²) in [4.78, 5) is 4.46. The van der Waals surface area contributed by atoms with Gasteiger partial charge in [0.05, 0.1) is 18.8 Å². The third kappa shape index (κ3) is 12.5. The van der Waals surface area contributed by atoms with Crippen molar-refractivity contribution in [1.82, 2.24) is 10.6 Å². The normalized spacial score (nSPS) is 12.2. The van der Waals surface area contributed by atoms with Crippen LogP contribution in [0.4, 0.5) is 0 Å². The summed E-state index contributed by atoms with van der Waals surface area (Å²) < 4.78 is 5.57. The highest BCUT2D eigenvalue weighted by atomic mass is 127. The maximum Gasteiger partial charge on any atom is 0.191 e. The Morgan fingerprint density at radius 3 is 2.27 bits per heavy atom. The summed E-state index contributed by atoms with van der Waals surface area (Å²) in [6.07, 6.45) is 2.52. The van der Waals surface area contributed by atoms with Gasteiger partial charge in [0.25, 0.3) is 0 Å². The molecule has 0 saturated carbocycles. The SMILES string of the molecule is CCNC(=NCC(O)(CC)CC)NCCOCCC(C)C.I. The van der Waals surface area contributed by atoms with Gasteiger partial charge in [-0.3, -0.25) is 4.99 Å². The second-order valence-corrected chi connectivity index (χ2v) is 5.85. The van der Waals surface area contributed by atoms with Gasteiger partial charge in [0.1, 0.15) is 0 Å². The summed E-state index contributed by atoms with van der Waals surface area (Å²) in [6.45, 7) is 13.8. The van der Waals surface area contributed by atoms with Crippen LogP contribution < -0.4 is 10.6 Å². The zero-order valence-electron chi connectivity index (χ0n) is 14.9. The van der Waals surface area contributed by atoms with E-state index in [-0.39, 0.29) is 24.0 Å². The minimum atomic E-state index is -0.698. The van der Waals surface area contributed by atoms with E-state index in [0.29, 0.717) is 31.9 Å². The minimum absolute atomic E-state index is 0. The molecule has 0 radical (unpaired) electrons. The molecule has 0 aromatic heterocycles. The van der Waals surface area contributed by atoms with Crippen LogP contribution in [0.5, 0.6) is 0 Å². The molecule has 0 fully saturated rings. The summed E-state index contributed by atoms with van der Waals surface area (Å²) >= 11 is 0. The molecule has 0 saturated heterocycles. The van der Waals surface area contributed by atoms with E-state index in [9.17, 15) is 5.11 Å². The third-order valence-electron chi connectivity index (χ3n) is 3.57. The molecule has 0 aliphatic rings. The Kier molecular flexibility index (Phi) is 15.9. The van der Waals surface area contributed by atoms with E-state index in [2.05, 4.69) is 29.5 Å². The molecule has 0 atom stereocenters. The largest absolute Gasteiger partial charge is 0.388 e. The van der Waals surface area contributed by atoms with Crippen molar-refractivity contribution in [3.8, 4) is 0 Å². The van der Waals surface area contributed by atoms with Crippen molar-refractivity contribution in [1.29, 1.82) is 0 Å². The molecule has 6 heteroatoms. The number of halogens is 1. The smallest absolute Gasteiger partial charge is 0.191 e. The van der Waals surface area contributed by atoms with E-state index >= 15 is 0 Å². The van der Waals surface area contributed by atoms with Crippen molar-refractivity contribution in [2.45, 2.75) is 59.5 Å². The highest BCUT2D eigenvalue weighted by Crippen LogP contribution is 2.14. The van der Waals surface area contributed by atoms with Crippen molar-refractivity contribution in [2.75, 3.05) is 32.8 Å². The molecule has 0 bridgehead atoms. The molecule has 0 aromatic rings. The molecule has 22 heavy (non-hydrogen) atoms. The van der Waals surface area contributed by atoms with Gasteiger partial charge in [0.15, 0.2) is 5.96 Å². The third-order valence-corrected chi connectivity index (χ3v) is 3.57. The summed E-state index contributed by atoms with van der Waals surface area (Å²) in [5.41, 5.74) is -0.698. The van der Waals surface area contributed by atoms with Crippen molar-refractivity contribution >= 4 is 29.9 Å². The van der Waals surface area contributed by atoms with Crippen LogP contribution >= 0.6 is 24.0 Å². The molecule has 0 unspecified atom stereocenters. The summed E-state index contributed by atoms with van der Waals surface area (Å²) in [6, 6.07) is 0. The summed E-state index contributed by atoms with van der Waals surface area (Å²) in [5.74, 6) is 1.42. The number of rotatable bonds is 11. The summed E-state index contributed by atoms with van der Waals surface area (Å²) in [5, 5.41) is 16.7. The van der Waals surface area contributed by atoms with Gasteiger partial charge < -0.3 is 20.5 Å². The molecular weight excluding hydrogens is 393 g/mol. The maximum absolute atomic E-state index is 10.3. The fourth-order valence-corrected chi connectivity index (χ4v) is 1.70. The zero-order chi connectivity index (χ0) is 16.1. The Bertz CT molecular complexity index is 283. The maximum atomic E-state index is 10.3. The number of hydrogen-bond donors (Lipinski definition) is 3. The van der Waals surface area contributed by atoms with Crippen molar-refractivity contribution in [3.05, 3.63) is 0 Å². The fourth-order valence-electron chi connectivity index (χ4n) is 1.70. The van der Waals surface area contributed by atoms with Gasteiger partial charge in [-0.2, -0.15) is 0 Å². The van der Waals surface area contributed by atoms with E-state index in [1.807, 2.05) is 20.8 Å². The standard InChI is InChI=1S/C16H35N3O2.HI/c1-6-16(20,7-2)13-19-15(17-8-3)18-10-12-21-11-9-14(4)5;/h14,20H,6-13H2,1-5H3,(H2,17,18,19);1H. The van der Waals surface area contributed by atoms with Gasteiger partial charge in [0, 0.05) is 19.7 Å². The lowest BCUT2D eigenvalue weighted by atomic mass is 9.98. The monoisotopic (exact) mass is 429 g/mol. The van der Waals surface area contributed by atoms with Crippen LogP contribution in [-0.4, -0.2) is 49.5 Å². The number of nitrogens with one attached hydrogen (secondary N) is 2. The van der Waals surface area contributed by atoms with Crippen LogP contribution in [0.1, 0.15) is 53.9 Å². The molecule has 0 spiro atoms. The predicted molar refractivity (Wildman–Crippen MR) is 105 cm³/mol. The zero-order valence-corrected chi connectivity index (χ0v) is 17.3. The molecule has 3 N–H and O–H groups in total. The van der Waals surface area contributed by atoms with Crippen LogP contribution in [0.25, 0.3) is 0 Å². The average molecular weight is 429 g/mol. The van der Waals surface area contributed by atoms with Crippen LogP contribution in [0.15, 0.2) is 4.99 Å². The van der Waals surface area contributed by atoms with E-state index < -0.39 is 5.60 Å². The lowest BCUT2D eigenvalue weighted by Crippen LogP contribution is -2.41. The number of aliphatic hydroxyl groups is 1. The Morgan fingerprint density at radius 2 is 1.77 bits per heavy atom. The Hall–Kier alpha value is -0.0800. The predicted octanol–water partition coefficient (Wildman–Crippen LogP) is 2.77. The van der Waals surface area contributed by atoms with Crippen LogP contribution in [0.3, 0.4) is 0 Å². The first-order chi connectivity index (χ1) is 9.97. The first kappa shape index (κ1) is 24.2.